The first-order valence-corrected chi connectivity index (χ1v) is 11.2. The lowest BCUT2D eigenvalue weighted by Gasteiger charge is -2.34. The fraction of sp³-hybridized carbons (Fsp3) is 0.269. The van der Waals surface area contributed by atoms with E-state index >= 15 is 0 Å². The molecule has 2 heterocycles. The Morgan fingerprint density at radius 3 is 2.48 bits per heavy atom. The molecule has 1 aliphatic rings. The average Bonchev–Trinajstić information content (AvgIpc) is 2.85. The van der Waals surface area contributed by atoms with E-state index < -0.39 is 0 Å². The maximum absolute atomic E-state index is 12.9. The zero-order chi connectivity index (χ0) is 23.0. The summed E-state index contributed by atoms with van der Waals surface area (Å²) in [4.78, 5) is 31.5. The van der Waals surface area contributed by atoms with Crippen molar-refractivity contribution in [1.82, 2.24) is 15.6 Å². The number of hydrogen-bond donors (Lipinski definition) is 3. The lowest BCUT2D eigenvalue weighted by atomic mass is 10.0. The Balaban J connectivity index is 1.31. The van der Waals surface area contributed by atoms with Gasteiger partial charge >= 0.3 is 6.03 Å². The number of nitrogens with one attached hydrogen (secondary N) is 3. The summed E-state index contributed by atoms with van der Waals surface area (Å²) < 4.78 is 0. The standard InChI is InChI=1S/C26H29N5O2/c1-19-8-10-21(11-9-19)29-26(33)30-22-12-15-31(16-13-22)24-7-3-2-6-23(24)25(32)28-18-20-5-4-14-27-17-20/h2-11,14,17,22H,12-13,15-16,18H2,1H3,(H,28,32)(H2,29,30,33). The summed E-state index contributed by atoms with van der Waals surface area (Å²) in [6, 6.07) is 19.1. The number of urea groups is 1. The van der Waals surface area contributed by atoms with Crippen molar-refractivity contribution in [3.63, 3.8) is 0 Å². The maximum Gasteiger partial charge on any atom is 0.319 e. The van der Waals surface area contributed by atoms with Crippen LogP contribution >= 0.6 is 0 Å². The molecule has 0 spiro atoms. The second-order valence-electron chi connectivity index (χ2n) is 8.29. The van der Waals surface area contributed by atoms with Gasteiger partial charge in [-0.15, -0.1) is 0 Å². The van der Waals surface area contributed by atoms with Crippen LogP contribution in [-0.4, -0.2) is 36.1 Å². The lowest BCUT2D eigenvalue weighted by molar-refractivity contribution is 0.0951. The number of carbonyl (C=O) groups is 2. The maximum atomic E-state index is 12.9. The van der Waals surface area contributed by atoms with Crippen LogP contribution in [0.1, 0.15) is 34.3 Å². The van der Waals surface area contributed by atoms with Gasteiger partial charge in [-0.1, -0.05) is 35.9 Å². The van der Waals surface area contributed by atoms with Gasteiger partial charge in [-0.05, 0) is 55.7 Å². The Kier molecular flexibility index (Phi) is 7.19. The van der Waals surface area contributed by atoms with Gasteiger partial charge in [0.25, 0.3) is 5.91 Å². The van der Waals surface area contributed by atoms with E-state index in [2.05, 4.69) is 25.8 Å². The molecule has 33 heavy (non-hydrogen) atoms. The minimum absolute atomic E-state index is 0.0956. The van der Waals surface area contributed by atoms with Crippen molar-refractivity contribution in [2.45, 2.75) is 32.4 Å². The highest BCUT2D eigenvalue weighted by Crippen LogP contribution is 2.24. The first-order valence-electron chi connectivity index (χ1n) is 11.2. The number of carbonyl (C=O) groups excluding carboxylic acids is 2. The third-order valence-corrected chi connectivity index (χ3v) is 5.80. The van der Waals surface area contributed by atoms with Crippen molar-refractivity contribution in [3.05, 3.63) is 89.7 Å². The summed E-state index contributed by atoms with van der Waals surface area (Å²) in [5, 5.41) is 8.94. The average molecular weight is 444 g/mol. The molecule has 3 aromatic rings. The van der Waals surface area contributed by atoms with E-state index in [-0.39, 0.29) is 18.0 Å². The zero-order valence-corrected chi connectivity index (χ0v) is 18.8. The van der Waals surface area contributed by atoms with Gasteiger partial charge in [0.1, 0.15) is 0 Å². The highest BCUT2D eigenvalue weighted by atomic mass is 16.2. The van der Waals surface area contributed by atoms with Crippen molar-refractivity contribution in [1.29, 1.82) is 0 Å². The molecule has 0 radical (unpaired) electrons. The van der Waals surface area contributed by atoms with Crippen LogP contribution in [0.15, 0.2) is 73.1 Å². The third kappa shape index (κ3) is 6.10. The van der Waals surface area contributed by atoms with Crippen LogP contribution in [0.2, 0.25) is 0 Å². The molecule has 1 fully saturated rings. The Hall–Kier alpha value is -3.87. The van der Waals surface area contributed by atoms with E-state index in [0.717, 1.165) is 48.4 Å². The van der Waals surface area contributed by atoms with E-state index in [1.165, 1.54) is 0 Å². The summed E-state index contributed by atoms with van der Waals surface area (Å²) in [6.45, 7) is 3.98. The Labute approximate surface area is 194 Å². The second kappa shape index (κ2) is 10.6. The molecule has 2 aromatic carbocycles. The summed E-state index contributed by atoms with van der Waals surface area (Å²) in [7, 11) is 0. The van der Waals surface area contributed by atoms with Crippen LogP contribution < -0.4 is 20.9 Å². The molecule has 0 bridgehead atoms. The molecule has 1 aromatic heterocycles. The van der Waals surface area contributed by atoms with Crippen molar-refractivity contribution in [2.24, 2.45) is 0 Å². The molecule has 7 heteroatoms. The van der Waals surface area contributed by atoms with Crippen LogP contribution in [0.3, 0.4) is 0 Å². The molecule has 1 saturated heterocycles. The van der Waals surface area contributed by atoms with Crippen LogP contribution in [-0.2, 0) is 6.54 Å². The van der Waals surface area contributed by atoms with Gasteiger partial charge < -0.3 is 20.9 Å². The van der Waals surface area contributed by atoms with Gasteiger partial charge in [0.2, 0.25) is 0 Å². The van der Waals surface area contributed by atoms with Crippen molar-refractivity contribution in [2.75, 3.05) is 23.3 Å². The van der Waals surface area contributed by atoms with Gasteiger partial charge in [-0.2, -0.15) is 0 Å². The molecule has 0 saturated carbocycles. The predicted molar refractivity (Wildman–Crippen MR) is 130 cm³/mol. The van der Waals surface area contributed by atoms with Gasteiger partial charge in [0.15, 0.2) is 0 Å². The number of amides is 3. The van der Waals surface area contributed by atoms with E-state index in [1.807, 2.05) is 67.6 Å². The smallest absolute Gasteiger partial charge is 0.319 e. The van der Waals surface area contributed by atoms with Gasteiger partial charge in [0, 0.05) is 49.4 Å². The molecule has 3 amide bonds. The molecule has 1 aliphatic heterocycles. The van der Waals surface area contributed by atoms with Gasteiger partial charge in [0.05, 0.1) is 5.56 Å². The topological polar surface area (TPSA) is 86.4 Å². The predicted octanol–water partition coefficient (Wildman–Crippen LogP) is 4.11. The normalized spacial score (nSPS) is 13.9. The second-order valence-corrected chi connectivity index (χ2v) is 8.29. The highest BCUT2D eigenvalue weighted by molar-refractivity contribution is 5.99. The Bertz CT molecular complexity index is 1080. The van der Waals surface area contributed by atoms with Crippen LogP contribution in [0.25, 0.3) is 0 Å². The molecule has 7 nitrogen and oxygen atoms in total. The number of benzene rings is 2. The monoisotopic (exact) mass is 443 g/mol. The summed E-state index contributed by atoms with van der Waals surface area (Å²) >= 11 is 0. The molecular weight excluding hydrogens is 414 g/mol. The summed E-state index contributed by atoms with van der Waals surface area (Å²) in [5.74, 6) is -0.104. The number of aryl methyl sites for hydroxylation is 1. The Morgan fingerprint density at radius 2 is 1.76 bits per heavy atom. The van der Waals surface area contributed by atoms with Crippen LogP contribution in [0.4, 0.5) is 16.2 Å². The number of aromatic nitrogens is 1. The minimum atomic E-state index is -0.188. The SMILES string of the molecule is Cc1ccc(NC(=O)NC2CCN(c3ccccc3C(=O)NCc3cccnc3)CC2)cc1. The quantitative estimate of drug-likeness (QED) is 0.535. The van der Waals surface area contributed by atoms with Crippen LogP contribution in [0, 0.1) is 6.92 Å². The van der Waals surface area contributed by atoms with E-state index in [1.54, 1.807) is 12.4 Å². The molecule has 0 unspecified atom stereocenters. The van der Waals surface area contributed by atoms with Crippen molar-refractivity contribution >= 4 is 23.3 Å². The van der Waals surface area contributed by atoms with Gasteiger partial charge in [-0.25, -0.2) is 4.79 Å². The number of hydrogen-bond acceptors (Lipinski definition) is 4. The van der Waals surface area contributed by atoms with E-state index in [9.17, 15) is 9.59 Å². The number of piperidine rings is 1. The lowest BCUT2D eigenvalue weighted by Crippen LogP contribution is -2.46. The number of nitrogens with zero attached hydrogens (tertiary/aromatic N) is 2. The highest BCUT2D eigenvalue weighted by Gasteiger charge is 2.23. The minimum Gasteiger partial charge on any atom is -0.371 e. The number of anilines is 2. The number of pyridine rings is 1. The van der Waals surface area contributed by atoms with E-state index in [0.29, 0.717) is 12.1 Å². The summed E-state index contributed by atoms with van der Waals surface area (Å²) in [6.07, 6.45) is 5.09. The molecule has 0 atom stereocenters. The number of para-hydroxylation sites is 1. The van der Waals surface area contributed by atoms with Crippen LogP contribution in [0.5, 0.6) is 0 Å². The van der Waals surface area contributed by atoms with Crippen molar-refractivity contribution in [3.8, 4) is 0 Å². The molecule has 170 valence electrons. The fourth-order valence-corrected chi connectivity index (χ4v) is 3.98. The Morgan fingerprint density at radius 1 is 1.00 bits per heavy atom. The third-order valence-electron chi connectivity index (χ3n) is 5.80. The first-order chi connectivity index (χ1) is 16.1. The summed E-state index contributed by atoms with van der Waals surface area (Å²) in [5.41, 5.74) is 4.47. The number of rotatable bonds is 6. The molecular formula is C26H29N5O2. The van der Waals surface area contributed by atoms with E-state index in [4.69, 9.17) is 0 Å². The molecule has 4 rings (SSSR count). The largest absolute Gasteiger partial charge is 0.371 e. The molecule has 3 N–H and O–H groups in total. The van der Waals surface area contributed by atoms with Gasteiger partial charge in [-0.3, -0.25) is 9.78 Å². The fourth-order valence-electron chi connectivity index (χ4n) is 3.98. The molecule has 0 aliphatic carbocycles. The zero-order valence-electron chi connectivity index (χ0n) is 18.8. The first kappa shape index (κ1) is 22.3. The van der Waals surface area contributed by atoms with Crippen molar-refractivity contribution < 1.29 is 9.59 Å².